The fourth-order valence-corrected chi connectivity index (χ4v) is 8.72. The lowest BCUT2D eigenvalue weighted by molar-refractivity contribution is -0.136. The number of nitrogens with zero attached hydrogens (tertiary/aromatic N) is 2. The van der Waals surface area contributed by atoms with Gasteiger partial charge in [0.15, 0.2) is 0 Å². The number of carbonyl (C=O) groups is 2. The molecule has 10 unspecified atom stereocenters. The van der Waals surface area contributed by atoms with Crippen LogP contribution in [-0.4, -0.2) is 108 Å². The van der Waals surface area contributed by atoms with Gasteiger partial charge in [-0.15, -0.1) is 23.4 Å². The molecule has 5 N–H and O–H groups in total. The van der Waals surface area contributed by atoms with Crippen molar-refractivity contribution >= 4 is 35.2 Å². The first-order valence-corrected chi connectivity index (χ1v) is 15.3. The quantitative estimate of drug-likeness (QED) is 0.229. The molecule has 12 heteroatoms. The molecule has 5 rings (SSSR count). The Hall–Kier alpha value is -0.660. The van der Waals surface area contributed by atoms with Crippen LogP contribution in [0.3, 0.4) is 0 Å². The molecule has 0 bridgehead atoms. The number of thioether (sulfide) groups is 1. The summed E-state index contributed by atoms with van der Waals surface area (Å²) in [5.41, 5.74) is 3.13. The Labute approximate surface area is 230 Å². The van der Waals surface area contributed by atoms with E-state index in [4.69, 9.17) is 16.3 Å². The third-order valence-corrected chi connectivity index (χ3v) is 10.6. The summed E-state index contributed by atoms with van der Waals surface area (Å²) >= 11 is 8.22. The van der Waals surface area contributed by atoms with E-state index in [1.165, 1.54) is 0 Å². The summed E-state index contributed by atoms with van der Waals surface area (Å²) in [5, 5.41) is 16.1. The Morgan fingerprint density at radius 3 is 2.68 bits per heavy atom. The van der Waals surface area contributed by atoms with Gasteiger partial charge >= 0.3 is 0 Å². The molecule has 10 nitrogen and oxygen atoms in total. The van der Waals surface area contributed by atoms with Crippen molar-refractivity contribution in [3.63, 3.8) is 0 Å². The Bertz CT molecular complexity index is 826. The highest BCUT2D eigenvalue weighted by molar-refractivity contribution is 8.00. The fourth-order valence-electron chi connectivity index (χ4n) is 7.02. The van der Waals surface area contributed by atoms with Gasteiger partial charge in [-0.05, 0) is 51.9 Å². The highest BCUT2D eigenvalue weighted by atomic mass is 35.5. The second kappa shape index (κ2) is 11.8. The smallest absolute Gasteiger partial charge is 0.241 e. The number of carbonyl (C=O) groups excluding carboxylic acids is 2. The van der Waals surface area contributed by atoms with E-state index in [0.717, 1.165) is 32.4 Å². The largest absolute Gasteiger partial charge is 0.380 e. The average Bonchev–Trinajstić information content (AvgIpc) is 3.59. The molecule has 2 amide bonds. The second-order valence-electron chi connectivity index (χ2n) is 11.7. The van der Waals surface area contributed by atoms with Gasteiger partial charge in [0.05, 0.1) is 17.5 Å². The van der Waals surface area contributed by atoms with Gasteiger partial charge in [-0.3, -0.25) is 25.6 Å². The topological polar surface area (TPSA) is 110 Å². The summed E-state index contributed by atoms with van der Waals surface area (Å²) in [5.74, 6) is 0.638. The van der Waals surface area contributed by atoms with E-state index in [-0.39, 0.29) is 70.0 Å². The lowest BCUT2D eigenvalue weighted by Gasteiger charge is -2.45. The van der Waals surface area contributed by atoms with Crippen molar-refractivity contribution in [3.8, 4) is 0 Å². The monoisotopic (exact) mass is 557 g/mol. The van der Waals surface area contributed by atoms with E-state index in [0.29, 0.717) is 25.7 Å². The van der Waals surface area contributed by atoms with Crippen molar-refractivity contribution < 1.29 is 14.3 Å². The number of hydrazine groups is 1. The number of alkyl halides is 1. The van der Waals surface area contributed by atoms with Gasteiger partial charge in [0.1, 0.15) is 11.5 Å². The Balaban J connectivity index is 1.16. The van der Waals surface area contributed by atoms with Gasteiger partial charge in [-0.2, -0.15) is 0 Å². The molecule has 0 aromatic carbocycles. The van der Waals surface area contributed by atoms with Crippen LogP contribution in [0.5, 0.6) is 0 Å². The molecule has 210 valence electrons. The molecule has 10 atom stereocenters. The number of amides is 2. The summed E-state index contributed by atoms with van der Waals surface area (Å²) < 4.78 is 5.81. The number of hydrogen-bond acceptors (Lipinski definition) is 9. The van der Waals surface area contributed by atoms with Crippen LogP contribution in [0.1, 0.15) is 40.0 Å². The van der Waals surface area contributed by atoms with Crippen LogP contribution in [-0.2, 0) is 14.3 Å². The molecule has 0 radical (unpaired) electrons. The molecule has 0 aromatic rings. The molecule has 5 aliphatic rings. The van der Waals surface area contributed by atoms with Crippen LogP contribution in [0.25, 0.3) is 0 Å². The van der Waals surface area contributed by atoms with E-state index < -0.39 is 0 Å². The molecule has 0 aromatic heterocycles. The summed E-state index contributed by atoms with van der Waals surface area (Å²) in [6.45, 7) is 10.1. The zero-order valence-electron chi connectivity index (χ0n) is 22.4. The molecule has 0 saturated carbocycles. The zero-order chi connectivity index (χ0) is 26.3. The summed E-state index contributed by atoms with van der Waals surface area (Å²) in [7, 11) is 1.75. The van der Waals surface area contributed by atoms with Crippen molar-refractivity contribution in [2.24, 2.45) is 17.8 Å². The van der Waals surface area contributed by atoms with Crippen LogP contribution in [0.15, 0.2) is 0 Å². The number of halogens is 1. The van der Waals surface area contributed by atoms with E-state index in [1.54, 1.807) is 18.9 Å². The lowest BCUT2D eigenvalue weighted by atomic mass is 9.70. The number of ether oxygens (including phenoxy) is 1. The minimum absolute atomic E-state index is 0.0594. The SMILES string of the molecule is COC1CNC(Cl)CC1C1CC(C)NCC1C(=O)NC1NC2CN(C(=O)C3CCNN3C(C)C)CC2S1. The third-order valence-electron chi connectivity index (χ3n) is 8.93. The van der Waals surface area contributed by atoms with Crippen molar-refractivity contribution in [1.29, 1.82) is 0 Å². The Morgan fingerprint density at radius 2 is 1.95 bits per heavy atom. The highest BCUT2D eigenvalue weighted by Crippen LogP contribution is 2.38. The average molecular weight is 558 g/mol. The van der Waals surface area contributed by atoms with Crippen molar-refractivity contribution in [3.05, 3.63) is 0 Å². The number of hydrogen-bond donors (Lipinski definition) is 5. The first-order chi connectivity index (χ1) is 17.7. The molecule has 0 aliphatic carbocycles. The Morgan fingerprint density at radius 1 is 1.14 bits per heavy atom. The summed E-state index contributed by atoms with van der Waals surface area (Å²) in [4.78, 5) is 28.8. The maximum atomic E-state index is 13.6. The second-order valence-corrected chi connectivity index (χ2v) is 13.5. The first kappa shape index (κ1) is 27.9. The molecular weight excluding hydrogens is 514 g/mol. The van der Waals surface area contributed by atoms with Gasteiger partial charge in [-0.25, -0.2) is 5.01 Å². The molecule has 37 heavy (non-hydrogen) atoms. The van der Waals surface area contributed by atoms with Gasteiger partial charge < -0.3 is 20.3 Å². The summed E-state index contributed by atoms with van der Waals surface area (Å²) in [6.07, 6.45) is 2.65. The van der Waals surface area contributed by atoms with Gasteiger partial charge in [-0.1, -0.05) is 0 Å². The first-order valence-electron chi connectivity index (χ1n) is 13.9. The fraction of sp³-hybridized carbons (Fsp3) is 0.920. The predicted molar refractivity (Wildman–Crippen MR) is 146 cm³/mol. The number of fused-ring (bicyclic) bond motifs is 1. The van der Waals surface area contributed by atoms with E-state index in [1.807, 2.05) is 4.90 Å². The Kier molecular flexibility index (Phi) is 8.92. The number of nitrogens with one attached hydrogen (secondary N) is 5. The summed E-state index contributed by atoms with van der Waals surface area (Å²) in [6, 6.07) is 0.751. The van der Waals surface area contributed by atoms with E-state index in [2.05, 4.69) is 52.5 Å². The molecule has 5 fully saturated rings. The van der Waals surface area contributed by atoms with E-state index in [9.17, 15) is 9.59 Å². The van der Waals surface area contributed by atoms with Crippen molar-refractivity contribution in [2.75, 3.05) is 39.8 Å². The van der Waals surface area contributed by atoms with Crippen molar-refractivity contribution in [2.45, 2.75) is 86.6 Å². The van der Waals surface area contributed by atoms with Crippen LogP contribution >= 0.6 is 23.4 Å². The maximum absolute atomic E-state index is 13.6. The number of piperidine rings is 2. The molecule has 5 aliphatic heterocycles. The standard InChI is InChI=1S/C25H44ClN7O3S/c1-13(2)33-19(5-6-29-33)24(35)32-11-18-21(12-32)37-25(30-18)31-23(34)17-9-27-14(3)7-15(17)16-8-22(26)28-10-20(16)36-4/h13-22,25,27-30H,5-12H2,1-4H3,(H,31,34). The molecule has 0 spiro atoms. The minimum atomic E-state index is -0.132. The normalized spacial score (nSPS) is 42.8. The van der Waals surface area contributed by atoms with E-state index >= 15 is 0 Å². The molecular formula is C25H44ClN7O3S. The number of likely N-dealkylation sites (tertiary alicyclic amines) is 1. The minimum Gasteiger partial charge on any atom is -0.380 e. The lowest BCUT2D eigenvalue weighted by Crippen LogP contribution is -2.57. The van der Waals surface area contributed by atoms with Crippen LogP contribution in [0, 0.1) is 17.8 Å². The highest BCUT2D eigenvalue weighted by Gasteiger charge is 2.48. The van der Waals surface area contributed by atoms with Gasteiger partial charge in [0, 0.05) is 63.2 Å². The van der Waals surface area contributed by atoms with Crippen LogP contribution in [0.2, 0.25) is 0 Å². The zero-order valence-corrected chi connectivity index (χ0v) is 24.0. The number of methoxy groups -OCH3 is 1. The van der Waals surface area contributed by atoms with Crippen LogP contribution in [0.4, 0.5) is 0 Å². The predicted octanol–water partition coefficient (Wildman–Crippen LogP) is 0.0929. The number of rotatable bonds is 6. The molecule has 5 heterocycles. The van der Waals surface area contributed by atoms with Gasteiger partial charge in [0.25, 0.3) is 0 Å². The maximum Gasteiger partial charge on any atom is 0.241 e. The third kappa shape index (κ3) is 5.94. The molecule has 5 saturated heterocycles. The van der Waals surface area contributed by atoms with Gasteiger partial charge in [0.2, 0.25) is 11.8 Å². The van der Waals surface area contributed by atoms with Crippen molar-refractivity contribution in [1.82, 2.24) is 36.6 Å². The van der Waals surface area contributed by atoms with Crippen LogP contribution < -0.4 is 26.7 Å².